The molecule has 0 spiro atoms. The fourth-order valence-corrected chi connectivity index (χ4v) is 5.55. The molecule has 1 amide bonds. The Morgan fingerprint density at radius 2 is 1.79 bits per heavy atom. The maximum absolute atomic E-state index is 12.9. The molecule has 0 saturated carbocycles. The molecule has 33 heavy (non-hydrogen) atoms. The minimum absolute atomic E-state index is 0.0487. The molecule has 0 aliphatic carbocycles. The number of aromatic nitrogens is 1. The lowest BCUT2D eigenvalue weighted by Gasteiger charge is -2.09. The van der Waals surface area contributed by atoms with Crippen molar-refractivity contribution in [2.45, 2.75) is 11.4 Å². The van der Waals surface area contributed by atoms with Crippen molar-refractivity contribution in [2.24, 2.45) is 4.99 Å². The Morgan fingerprint density at radius 1 is 1.06 bits per heavy atom. The van der Waals surface area contributed by atoms with Crippen LogP contribution in [0, 0.1) is 12.3 Å². The maximum atomic E-state index is 12.9. The molecular weight excluding hydrogens is 501 g/mol. The number of fused-ring (bicyclic) bond motifs is 1. The number of hydrogen-bond acceptors (Lipinski definition) is 4. The summed E-state index contributed by atoms with van der Waals surface area (Å²) in [7, 11) is -3.85. The highest BCUT2D eigenvalue weighted by atomic mass is 35.5. The van der Waals surface area contributed by atoms with Crippen LogP contribution in [-0.2, 0) is 16.6 Å². The summed E-state index contributed by atoms with van der Waals surface area (Å²) >= 11 is 13.2. The summed E-state index contributed by atoms with van der Waals surface area (Å²) in [5.74, 6) is 2.03. The molecule has 0 atom stereocenters. The number of hydrogen-bond donors (Lipinski definition) is 1. The van der Waals surface area contributed by atoms with Gasteiger partial charge in [-0.2, -0.15) is 4.99 Å². The molecule has 0 unspecified atom stereocenters. The van der Waals surface area contributed by atoms with Gasteiger partial charge in [-0.25, -0.2) is 8.42 Å². The van der Waals surface area contributed by atoms with E-state index in [1.165, 1.54) is 41.7 Å². The first-order chi connectivity index (χ1) is 15.8. The first-order valence-electron chi connectivity index (χ1n) is 9.47. The standard InChI is InChI=1S/C23H15Cl2N3O3S2/c1-2-12-28-20-11-8-17(25)14-21(20)32-23(28)26-22(29)15-4-3-5-18(13-15)27-33(30,31)19-9-6-16(24)7-10-19/h1,3-11,13-14,27H,12H2. The van der Waals surface area contributed by atoms with Gasteiger partial charge in [0.05, 0.1) is 21.7 Å². The maximum Gasteiger partial charge on any atom is 0.279 e. The number of nitrogens with one attached hydrogen (secondary N) is 1. The Bertz CT molecular complexity index is 1580. The molecule has 0 saturated heterocycles. The third-order valence-electron chi connectivity index (χ3n) is 4.58. The number of rotatable bonds is 5. The van der Waals surface area contributed by atoms with Crippen molar-refractivity contribution in [3.63, 3.8) is 0 Å². The van der Waals surface area contributed by atoms with E-state index in [0.29, 0.717) is 14.8 Å². The zero-order chi connectivity index (χ0) is 23.6. The highest BCUT2D eigenvalue weighted by Gasteiger charge is 2.15. The molecule has 10 heteroatoms. The molecule has 0 fully saturated rings. The minimum Gasteiger partial charge on any atom is -0.305 e. The molecule has 166 valence electrons. The zero-order valence-corrected chi connectivity index (χ0v) is 20.0. The van der Waals surface area contributed by atoms with E-state index in [4.69, 9.17) is 29.6 Å². The highest BCUT2D eigenvalue weighted by molar-refractivity contribution is 7.92. The van der Waals surface area contributed by atoms with Crippen LogP contribution in [0.2, 0.25) is 10.0 Å². The predicted octanol–water partition coefficient (Wildman–Crippen LogP) is 5.18. The minimum atomic E-state index is -3.85. The van der Waals surface area contributed by atoms with Crippen molar-refractivity contribution in [3.8, 4) is 12.3 Å². The summed E-state index contributed by atoms with van der Waals surface area (Å²) in [5, 5.41) is 0.990. The summed E-state index contributed by atoms with van der Waals surface area (Å²) in [6, 6.07) is 17.2. The molecule has 4 aromatic rings. The van der Waals surface area contributed by atoms with Gasteiger partial charge in [-0.15, -0.1) is 6.42 Å². The van der Waals surface area contributed by atoms with Gasteiger partial charge in [0.25, 0.3) is 15.9 Å². The van der Waals surface area contributed by atoms with Crippen LogP contribution >= 0.6 is 34.5 Å². The number of amides is 1. The van der Waals surface area contributed by atoms with Crippen molar-refractivity contribution in [1.82, 2.24) is 4.57 Å². The Hall–Kier alpha value is -3.09. The number of nitrogens with zero attached hydrogens (tertiary/aromatic N) is 2. The van der Waals surface area contributed by atoms with E-state index >= 15 is 0 Å². The number of carbonyl (C=O) groups excluding carboxylic acids is 1. The van der Waals surface area contributed by atoms with Gasteiger partial charge in [-0.05, 0) is 60.7 Å². The van der Waals surface area contributed by atoms with Crippen LogP contribution in [0.4, 0.5) is 5.69 Å². The second-order valence-electron chi connectivity index (χ2n) is 6.84. The molecule has 4 rings (SSSR count). The predicted molar refractivity (Wildman–Crippen MR) is 132 cm³/mol. The molecule has 0 bridgehead atoms. The molecular formula is C23H15Cl2N3O3S2. The first-order valence-corrected chi connectivity index (χ1v) is 12.5. The Balaban J connectivity index is 1.67. The fourth-order valence-electron chi connectivity index (χ4n) is 3.07. The van der Waals surface area contributed by atoms with Gasteiger partial charge in [-0.3, -0.25) is 9.52 Å². The van der Waals surface area contributed by atoms with Crippen molar-refractivity contribution >= 4 is 66.4 Å². The van der Waals surface area contributed by atoms with E-state index in [-0.39, 0.29) is 22.7 Å². The van der Waals surface area contributed by atoms with Gasteiger partial charge < -0.3 is 4.57 Å². The second kappa shape index (κ2) is 9.41. The van der Waals surface area contributed by atoms with E-state index < -0.39 is 15.9 Å². The zero-order valence-electron chi connectivity index (χ0n) is 16.8. The number of carbonyl (C=O) groups is 1. The third-order valence-corrected chi connectivity index (χ3v) is 7.50. The summed E-state index contributed by atoms with van der Waals surface area (Å²) in [6.07, 6.45) is 5.49. The third kappa shape index (κ3) is 5.13. The molecule has 0 aliphatic heterocycles. The summed E-state index contributed by atoms with van der Waals surface area (Å²) < 4.78 is 30.3. The van der Waals surface area contributed by atoms with Gasteiger partial charge >= 0.3 is 0 Å². The Morgan fingerprint density at radius 3 is 2.52 bits per heavy atom. The molecule has 1 aromatic heterocycles. The summed E-state index contributed by atoms with van der Waals surface area (Å²) in [4.78, 5) is 17.6. The van der Waals surface area contributed by atoms with Crippen LogP contribution < -0.4 is 9.52 Å². The smallest absolute Gasteiger partial charge is 0.279 e. The topological polar surface area (TPSA) is 80.5 Å². The van der Waals surface area contributed by atoms with Gasteiger partial charge in [0.2, 0.25) is 0 Å². The largest absolute Gasteiger partial charge is 0.305 e. The van der Waals surface area contributed by atoms with Gasteiger partial charge in [-0.1, -0.05) is 46.5 Å². The lowest BCUT2D eigenvalue weighted by Crippen LogP contribution is -2.17. The average molecular weight is 516 g/mol. The summed E-state index contributed by atoms with van der Waals surface area (Å²) in [6.45, 7) is 0.231. The van der Waals surface area contributed by atoms with Gasteiger partial charge in [0.1, 0.15) is 0 Å². The fraction of sp³-hybridized carbons (Fsp3) is 0.0435. The molecule has 1 N–H and O–H groups in total. The van der Waals surface area contributed by atoms with Crippen LogP contribution in [0.1, 0.15) is 10.4 Å². The number of thiazole rings is 1. The molecule has 3 aromatic carbocycles. The van der Waals surface area contributed by atoms with Crippen molar-refractivity contribution < 1.29 is 13.2 Å². The van der Waals surface area contributed by atoms with Crippen molar-refractivity contribution in [1.29, 1.82) is 0 Å². The van der Waals surface area contributed by atoms with E-state index in [1.54, 1.807) is 34.9 Å². The normalized spacial score (nSPS) is 12.0. The number of halogens is 2. The molecule has 6 nitrogen and oxygen atoms in total. The van der Waals surface area contributed by atoms with Crippen LogP contribution in [0.15, 0.2) is 76.6 Å². The van der Waals surface area contributed by atoms with E-state index in [1.807, 2.05) is 6.07 Å². The van der Waals surface area contributed by atoms with Crippen LogP contribution in [0.3, 0.4) is 0 Å². The highest BCUT2D eigenvalue weighted by Crippen LogP contribution is 2.22. The quantitative estimate of drug-likeness (QED) is 0.371. The molecule has 0 radical (unpaired) electrons. The van der Waals surface area contributed by atoms with Crippen LogP contribution in [0.5, 0.6) is 0 Å². The van der Waals surface area contributed by atoms with Crippen LogP contribution in [0.25, 0.3) is 10.2 Å². The van der Waals surface area contributed by atoms with Crippen molar-refractivity contribution in [2.75, 3.05) is 4.72 Å². The van der Waals surface area contributed by atoms with E-state index in [0.717, 1.165) is 10.2 Å². The lowest BCUT2D eigenvalue weighted by atomic mass is 10.2. The molecule has 1 heterocycles. The number of terminal acetylenes is 1. The van der Waals surface area contributed by atoms with Gasteiger partial charge in [0.15, 0.2) is 4.80 Å². The number of anilines is 1. The molecule has 0 aliphatic rings. The Kier molecular flexibility index (Phi) is 6.58. The van der Waals surface area contributed by atoms with Crippen molar-refractivity contribution in [3.05, 3.63) is 87.1 Å². The van der Waals surface area contributed by atoms with Crippen LogP contribution in [-0.4, -0.2) is 18.9 Å². The monoisotopic (exact) mass is 515 g/mol. The average Bonchev–Trinajstić information content (AvgIpc) is 3.10. The summed E-state index contributed by atoms with van der Waals surface area (Å²) in [5.41, 5.74) is 1.26. The number of benzene rings is 3. The van der Waals surface area contributed by atoms with E-state index in [2.05, 4.69) is 15.6 Å². The second-order valence-corrected chi connectivity index (χ2v) is 10.4. The number of sulfonamides is 1. The van der Waals surface area contributed by atoms with Gasteiger partial charge in [0, 0.05) is 21.3 Å². The lowest BCUT2D eigenvalue weighted by molar-refractivity contribution is 0.0998. The van der Waals surface area contributed by atoms with E-state index in [9.17, 15) is 13.2 Å². The Labute approximate surface area is 204 Å². The first kappa shape index (κ1) is 23.1. The SMILES string of the molecule is C#CCn1c(=NC(=O)c2cccc(NS(=O)(=O)c3ccc(Cl)cc3)c2)sc2cc(Cl)ccc21.